The lowest BCUT2D eigenvalue weighted by Gasteiger charge is -2.58. The molecule has 0 aromatic carbocycles. The van der Waals surface area contributed by atoms with E-state index >= 15 is 0 Å². The second kappa shape index (κ2) is 7.76. The first kappa shape index (κ1) is 23.3. The molecule has 182 valence electrons. The smallest absolute Gasteiger partial charge is 0.317 e. The largest absolute Gasteiger partial charge is 0.480 e. The third-order valence-corrected chi connectivity index (χ3v) is 9.87. The van der Waals surface area contributed by atoms with Gasteiger partial charge >= 0.3 is 5.97 Å². The SMILES string of the molecule is C=CCN1C[C@H](O[C@@]23C[C@@H]4[C@H](C)CC[C@H]4[C@@]4(C=O)C[C@@H]2C=C(C(C)C)[C@@]34C(=O)O)O[C@H](C)C1. The molecular weight excluding hydrogens is 418 g/mol. The molecule has 0 amide bonds. The number of carboxylic acid groups (broad SMARTS) is 1. The van der Waals surface area contributed by atoms with Crippen molar-refractivity contribution in [3.63, 3.8) is 0 Å². The van der Waals surface area contributed by atoms with Gasteiger partial charge < -0.3 is 19.4 Å². The minimum absolute atomic E-state index is 0.0185. The van der Waals surface area contributed by atoms with Gasteiger partial charge in [0.2, 0.25) is 0 Å². The molecule has 0 aromatic rings. The summed E-state index contributed by atoms with van der Waals surface area (Å²) in [5.41, 5.74) is -2.28. The van der Waals surface area contributed by atoms with Gasteiger partial charge in [0.25, 0.3) is 0 Å². The first-order chi connectivity index (χ1) is 15.7. The first-order valence-corrected chi connectivity index (χ1v) is 12.7. The van der Waals surface area contributed by atoms with E-state index in [0.717, 1.165) is 37.8 Å². The molecule has 4 bridgehead atoms. The first-order valence-electron chi connectivity index (χ1n) is 12.7. The van der Waals surface area contributed by atoms with Crippen LogP contribution in [0.1, 0.15) is 53.4 Å². The number of morpholine rings is 1. The molecule has 33 heavy (non-hydrogen) atoms. The summed E-state index contributed by atoms with van der Waals surface area (Å²) < 4.78 is 13.2. The van der Waals surface area contributed by atoms with Crippen molar-refractivity contribution in [2.75, 3.05) is 19.6 Å². The number of fused-ring (bicyclic) bond motifs is 2. The Bertz CT molecular complexity index is 884. The molecule has 0 radical (unpaired) electrons. The number of hydrogen-bond donors (Lipinski definition) is 1. The van der Waals surface area contributed by atoms with E-state index < -0.39 is 28.7 Å². The second-order valence-corrected chi connectivity index (χ2v) is 11.7. The van der Waals surface area contributed by atoms with Crippen molar-refractivity contribution in [3.05, 3.63) is 24.3 Å². The quantitative estimate of drug-likeness (QED) is 0.461. The maximum absolute atomic E-state index is 13.5. The van der Waals surface area contributed by atoms with Crippen LogP contribution >= 0.6 is 0 Å². The summed E-state index contributed by atoms with van der Waals surface area (Å²) in [5, 5.41) is 11.0. The van der Waals surface area contributed by atoms with Crippen LogP contribution in [0.5, 0.6) is 0 Å². The normalized spacial score (nSPS) is 48.6. The fourth-order valence-electron chi connectivity index (χ4n) is 8.94. The van der Waals surface area contributed by atoms with Crippen molar-refractivity contribution in [2.45, 2.75) is 71.4 Å². The van der Waals surface area contributed by atoms with Gasteiger partial charge in [-0.05, 0) is 49.9 Å². The highest BCUT2D eigenvalue weighted by Crippen LogP contribution is 2.80. The topological polar surface area (TPSA) is 76.1 Å². The zero-order valence-electron chi connectivity index (χ0n) is 20.5. The summed E-state index contributed by atoms with van der Waals surface area (Å²) in [5.74, 6) is -0.0619. The van der Waals surface area contributed by atoms with Crippen LogP contribution in [0, 0.1) is 40.4 Å². The molecule has 0 unspecified atom stereocenters. The van der Waals surface area contributed by atoms with Gasteiger partial charge in [-0.1, -0.05) is 44.9 Å². The molecule has 6 heteroatoms. The average Bonchev–Trinajstić information content (AvgIpc) is 3.30. The Morgan fingerprint density at radius 1 is 1.33 bits per heavy atom. The number of rotatable bonds is 7. The Morgan fingerprint density at radius 3 is 2.73 bits per heavy atom. The predicted octanol–water partition coefficient (Wildman–Crippen LogP) is 3.91. The Morgan fingerprint density at radius 2 is 2.09 bits per heavy atom. The molecule has 5 aliphatic rings. The molecule has 0 spiro atoms. The van der Waals surface area contributed by atoms with E-state index in [1.165, 1.54) is 0 Å². The van der Waals surface area contributed by atoms with E-state index in [9.17, 15) is 14.7 Å². The van der Waals surface area contributed by atoms with Crippen molar-refractivity contribution >= 4 is 12.3 Å². The highest BCUT2D eigenvalue weighted by atomic mass is 16.7. The van der Waals surface area contributed by atoms with Gasteiger partial charge in [0.15, 0.2) is 6.29 Å². The van der Waals surface area contributed by atoms with Gasteiger partial charge in [0.1, 0.15) is 11.7 Å². The van der Waals surface area contributed by atoms with Crippen LogP contribution in [0.2, 0.25) is 0 Å². The Hall–Kier alpha value is -1.50. The van der Waals surface area contributed by atoms with Crippen LogP contribution in [0.25, 0.3) is 0 Å². The lowest BCUT2D eigenvalue weighted by atomic mass is 9.45. The van der Waals surface area contributed by atoms with Gasteiger partial charge in [-0.2, -0.15) is 0 Å². The number of carboxylic acids is 1. The van der Waals surface area contributed by atoms with E-state index in [1.807, 2.05) is 13.0 Å². The number of carbonyl (C=O) groups excluding carboxylic acids is 1. The van der Waals surface area contributed by atoms with Crippen molar-refractivity contribution in [2.24, 2.45) is 40.4 Å². The lowest BCUT2D eigenvalue weighted by Crippen LogP contribution is -2.67. The average molecular weight is 458 g/mol. The lowest BCUT2D eigenvalue weighted by molar-refractivity contribution is -0.292. The Balaban J connectivity index is 1.64. The molecule has 5 rings (SSSR count). The van der Waals surface area contributed by atoms with E-state index in [1.54, 1.807) is 0 Å². The molecule has 1 saturated heterocycles. The molecule has 1 N–H and O–H groups in total. The summed E-state index contributed by atoms with van der Waals surface area (Å²) in [6.07, 6.45) is 7.79. The van der Waals surface area contributed by atoms with Gasteiger partial charge in [-0.3, -0.25) is 9.69 Å². The molecule has 4 fully saturated rings. The summed E-state index contributed by atoms with van der Waals surface area (Å²) in [6.45, 7) is 14.4. The van der Waals surface area contributed by atoms with Gasteiger partial charge in [0.05, 0.1) is 17.1 Å². The maximum atomic E-state index is 13.5. The van der Waals surface area contributed by atoms with Crippen LogP contribution in [-0.4, -0.2) is 59.9 Å². The number of aldehydes is 1. The fraction of sp³-hybridized carbons (Fsp3) is 0.778. The second-order valence-electron chi connectivity index (χ2n) is 11.7. The van der Waals surface area contributed by atoms with Crippen LogP contribution in [0.3, 0.4) is 0 Å². The third kappa shape index (κ3) is 2.77. The van der Waals surface area contributed by atoms with E-state index in [0.29, 0.717) is 31.2 Å². The van der Waals surface area contributed by atoms with Gasteiger partial charge in [0, 0.05) is 25.6 Å². The highest BCUT2D eigenvalue weighted by Gasteiger charge is 2.85. The molecule has 0 aromatic heterocycles. The Kier molecular flexibility index (Phi) is 5.46. The van der Waals surface area contributed by atoms with Crippen LogP contribution < -0.4 is 0 Å². The van der Waals surface area contributed by atoms with E-state index in [4.69, 9.17) is 9.47 Å². The van der Waals surface area contributed by atoms with Crippen molar-refractivity contribution in [1.29, 1.82) is 0 Å². The molecule has 6 nitrogen and oxygen atoms in total. The molecule has 1 aliphatic heterocycles. The molecular formula is C27H39NO5. The van der Waals surface area contributed by atoms with Crippen LogP contribution in [0.15, 0.2) is 24.3 Å². The van der Waals surface area contributed by atoms with Crippen molar-refractivity contribution < 1.29 is 24.2 Å². The number of hydrogen-bond acceptors (Lipinski definition) is 5. The standard InChI is InChI=1S/C27H39NO5/c1-6-9-28-13-18(5)32-23(14-28)33-26-12-20-17(4)7-8-21(20)25(15-29)11-19(26)10-22(16(2)3)27(25,26)24(30)31/h6,10,15-21,23H,1,7-9,11-14H2,2-5H3,(H,30,31)/t17-,18-,19+,20-,21-,23+,25+,26+,27+/m1/s1. The molecule has 4 aliphatic carbocycles. The summed E-state index contributed by atoms with van der Waals surface area (Å²) in [6, 6.07) is 0. The number of carbonyl (C=O) groups is 2. The third-order valence-electron chi connectivity index (χ3n) is 9.87. The van der Waals surface area contributed by atoms with Crippen LogP contribution in [0.4, 0.5) is 0 Å². The number of nitrogens with zero attached hydrogens (tertiary/aromatic N) is 1. The maximum Gasteiger partial charge on any atom is 0.317 e. The van der Waals surface area contributed by atoms with E-state index in [-0.39, 0.29) is 23.9 Å². The summed E-state index contributed by atoms with van der Waals surface area (Å²) in [4.78, 5) is 28.8. The monoisotopic (exact) mass is 457 g/mol. The minimum atomic E-state index is -1.32. The molecule has 1 heterocycles. The number of ether oxygens (including phenoxy) is 2. The molecule has 3 saturated carbocycles. The summed E-state index contributed by atoms with van der Waals surface area (Å²) >= 11 is 0. The zero-order chi connectivity index (χ0) is 23.8. The fourth-order valence-corrected chi connectivity index (χ4v) is 8.94. The molecule has 9 atom stereocenters. The van der Waals surface area contributed by atoms with Crippen LogP contribution in [-0.2, 0) is 19.1 Å². The predicted molar refractivity (Wildman–Crippen MR) is 124 cm³/mol. The van der Waals surface area contributed by atoms with Gasteiger partial charge in [-0.15, -0.1) is 6.58 Å². The van der Waals surface area contributed by atoms with Crippen molar-refractivity contribution in [3.8, 4) is 0 Å². The highest BCUT2D eigenvalue weighted by molar-refractivity contribution is 5.91. The van der Waals surface area contributed by atoms with Crippen molar-refractivity contribution in [1.82, 2.24) is 4.90 Å². The minimum Gasteiger partial charge on any atom is -0.480 e. The zero-order valence-corrected chi connectivity index (χ0v) is 20.5. The van der Waals surface area contributed by atoms with Gasteiger partial charge in [-0.25, -0.2) is 0 Å². The Labute approximate surface area is 197 Å². The van der Waals surface area contributed by atoms with E-state index in [2.05, 4.69) is 38.3 Å². The number of aliphatic carboxylic acids is 1. The summed E-state index contributed by atoms with van der Waals surface area (Å²) in [7, 11) is 0.